The van der Waals surface area contributed by atoms with Crippen LogP contribution in [0.15, 0.2) is 30.5 Å². The average molecular weight is 275 g/mol. The first-order valence-electron chi connectivity index (χ1n) is 6.71. The Balaban J connectivity index is 2.00. The smallest absolute Gasteiger partial charge is 0.237 e. The summed E-state index contributed by atoms with van der Waals surface area (Å²) < 4.78 is 4.99. The minimum atomic E-state index is -0.562. The maximum absolute atomic E-state index is 12.0. The van der Waals surface area contributed by atoms with Crippen LogP contribution in [0.2, 0.25) is 0 Å². The number of para-hydroxylation sites is 1. The molecule has 0 saturated heterocycles. The molecule has 1 aromatic carbocycles. The van der Waals surface area contributed by atoms with Gasteiger partial charge in [0.1, 0.15) is 0 Å². The summed E-state index contributed by atoms with van der Waals surface area (Å²) in [5, 5.41) is 3.95. The number of methoxy groups -OCH3 is 1. The van der Waals surface area contributed by atoms with Gasteiger partial charge in [-0.15, -0.1) is 0 Å². The minimum absolute atomic E-state index is 0.0403. The van der Waals surface area contributed by atoms with Crippen molar-refractivity contribution >= 4 is 16.8 Å². The molecule has 0 aliphatic rings. The second-order valence-corrected chi connectivity index (χ2v) is 5.04. The molecule has 0 radical (unpaired) electrons. The zero-order chi connectivity index (χ0) is 14.5. The van der Waals surface area contributed by atoms with E-state index in [1.165, 1.54) is 0 Å². The summed E-state index contributed by atoms with van der Waals surface area (Å²) in [6, 6.07) is 7.38. The monoisotopic (exact) mass is 275 g/mol. The Morgan fingerprint density at radius 3 is 2.95 bits per heavy atom. The number of hydrogen-bond acceptors (Lipinski definition) is 3. The number of aromatic nitrogens is 1. The highest BCUT2D eigenvalue weighted by Crippen LogP contribution is 2.18. The molecule has 0 fully saturated rings. The maximum atomic E-state index is 12.0. The molecule has 0 spiro atoms. The van der Waals surface area contributed by atoms with Gasteiger partial charge in [0.15, 0.2) is 0 Å². The van der Waals surface area contributed by atoms with Crippen LogP contribution < -0.4 is 11.1 Å². The number of nitrogens with one attached hydrogen (secondary N) is 2. The van der Waals surface area contributed by atoms with Crippen LogP contribution in [0.3, 0.4) is 0 Å². The topological polar surface area (TPSA) is 80.1 Å². The first-order valence-corrected chi connectivity index (χ1v) is 6.71. The number of amides is 1. The van der Waals surface area contributed by atoms with E-state index in [1.54, 1.807) is 7.11 Å². The number of benzene rings is 1. The molecule has 2 rings (SSSR count). The molecule has 4 N–H and O–H groups in total. The standard InChI is InChI=1S/C15H21N3O2/c1-10(9-20-2)18-15(19)13(16)7-11-8-17-14-6-4-3-5-12(11)14/h3-6,8,10,13,17H,7,9,16H2,1-2H3,(H,18,19). The zero-order valence-electron chi connectivity index (χ0n) is 11.8. The van der Waals surface area contributed by atoms with E-state index < -0.39 is 6.04 Å². The summed E-state index contributed by atoms with van der Waals surface area (Å²) in [7, 11) is 1.61. The molecule has 0 aliphatic heterocycles. The fraction of sp³-hybridized carbons (Fsp3) is 0.400. The number of hydrogen-bond donors (Lipinski definition) is 3. The van der Waals surface area contributed by atoms with E-state index in [9.17, 15) is 4.79 Å². The molecule has 1 aromatic heterocycles. The summed E-state index contributed by atoms with van der Waals surface area (Å²) in [5.74, 6) is -0.153. The summed E-state index contributed by atoms with van der Waals surface area (Å²) in [4.78, 5) is 15.2. The third kappa shape index (κ3) is 3.37. The van der Waals surface area contributed by atoms with Crippen molar-refractivity contribution in [3.8, 4) is 0 Å². The van der Waals surface area contributed by atoms with Crippen molar-refractivity contribution in [3.05, 3.63) is 36.0 Å². The van der Waals surface area contributed by atoms with Gasteiger partial charge in [-0.25, -0.2) is 0 Å². The summed E-state index contributed by atoms with van der Waals surface area (Å²) in [6.07, 6.45) is 2.42. The van der Waals surface area contributed by atoms with E-state index in [1.807, 2.05) is 37.4 Å². The summed E-state index contributed by atoms with van der Waals surface area (Å²) >= 11 is 0. The van der Waals surface area contributed by atoms with Gasteiger partial charge in [-0.2, -0.15) is 0 Å². The largest absolute Gasteiger partial charge is 0.383 e. The van der Waals surface area contributed by atoms with Crippen molar-refractivity contribution in [3.63, 3.8) is 0 Å². The predicted molar refractivity (Wildman–Crippen MR) is 79.5 cm³/mol. The molecule has 0 aliphatic carbocycles. The molecule has 2 atom stereocenters. The molecule has 2 aromatic rings. The van der Waals surface area contributed by atoms with Crippen LogP contribution in [-0.4, -0.2) is 36.7 Å². The van der Waals surface area contributed by atoms with Gasteiger partial charge in [0.05, 0.1) is 12.6 Å². The quantitative estimate of drug-likeness (QED) is 0.741. The lowest BCUT2D eigenvalue weighted by molar-refractivity contribution is -0.123. The zero-order valence-corrected chi connectivity index (χ0v) is 11.8. The molecule has 5 nitrogen and oxygen atoms in total. The Hall–Kier alpha value is -1.85. The molecular formula is C15H21N3O2. The SMILES string of the molecule is COCC(C)NC(=O)C(N)Cc1c[nH]c2ccccc12. The lowest BCUT2D eigenvalue weighted by Crippen LogP contribution is -2.46. The number of ether oxygens (including phenoxy) is 1. The summed E-state index contributed by atoms with van der Waals surface area (Å²) in [5.41, 5.74) is 8.09. The fourth-order valence-corrected chi connectivity index (χ4v) is 2.27. The van der Waals surface area contributed by atoms with Gasteiger partial charge in [-0.3, -0.25) is 4.79 Å². The number of fused-ring (bicyclic) bond motifs is 1. The van der Waals surface area contributed by atoms with Crippen LogP contribution in [0.4, 0.5) is 0 Å². The minimum Gasteiger partial charge on any atom is -0.383 e. The molecule has 108 valence electrons. The second kappa shape index (κ2) is 6.54. The Bertz CT molecular complexity index is 579. The first-order chi connectivity index (χ1) is 9.61. The number of nitrogens with two attached hydrogens (primary N) is 1. The second-order valence-electron chi connectivity index (χ2n) is 5.04. The third-order valence-corrected chi connectivity index (χ3v) is 3.26. The van der Waals surface area contributed by atoms with Gasteiger partial charge in [0, 0.05) is 30.3 Å². The molecule has 5 heteroatoms. The Morgan fingerprint density at radius 1 is 1.45 bits per heavy atom. The highest BCUT2D eigenvalue weighted by atomic mass is 16.5. The highest BCUT2D eigenvalue weighted by Gasteiger charge is 2.17. The van der Waals surface area contributed by atoms with Crippen LogP contribution in [0.5, 0.6) is 0 Å². The first kappa shape index (κ1) is 14.6. The number of carbonyl (C=O) groups excluding carboxylic acids is 1. The predicted octanol–water partition coefficient (Wildman–Crippen LogP) is 1.19. The van der Waals surface area contributed by atoms with Crippen LogP contribution in [-0.2, 0) is 16.0 Å². The number of carbonyl (C=O) groups is 1. The molecule has 0 saturated carbocycles. The van der Waals surface area contributed by atoms with Crippen LogP contribution in [0, 0.1) is 0 Å². The number of rotatable bonds is 6. The van der Waals surface area contributed by atoms with Gasteiger partial charge in [0.25, 0.3) is 0 Å². The van der Waals surface area contributed by atoms with Crippen molar-refractivity contribution in [1.29, 1.82) is 0 Å². The fourth-order valence-electron chi connectivity index (χ4n) is 2.27. The molecule has 1 amide bonds. The molecular weight excluding hydrogens is 254 g/mol. The van der Waals surface area contributed by atoms with Crippen LogP contribution in [0.1, 0.15) is 12.5 Å². The van der Waals surface area contributed by atoms with Crippen molar-refractivity contribution in [1.82, 2.24) is 10.3 Å². The van der Waals surface area contributed by atoms with Crippen molar-refractivity contribution in [2.45, 2.75) is 25.4 Å². The average Bonchev–Trinajstić information content (AvgIpc) is 2.82. The highest BCUT2D eigenvalue weighted by molar-refractivity contribution is 5.86. The Kier molecular flexibility index (Phi) is 4.76. The van der Waals surface area contributed by atoms with Crippen molar-refractivity contribution < 1.29 is 9.53 Å². The number of H-pyrrole nitrogens is 1. The van der Waals surface area contributed by atoms with E-state index in [4.69, 9.17) is 10.5 Å². The maximum Gasteiger partial charge on any atom is 0.237 e. The van der Waals surface area contributed by atoms with Gasteiger partial charge in [-0.1, -0.05) is 18.2 Å². The third-order valence-electron chi connectivity index (χ3n) is 3.26. The Morgan fingerprint density at radius 2 is 2.20 bits per heavy atom. The van der Waals surface area contributed by atoms with E-state index in [0.717, 1.165) is 16.5 Å². The molecule has 1 heterocycles. The molecule has 20 heavy (non-hydrogen) atoms. The molecule has 2 unspecified atom stereocenters. The summed E-state index contributed by atoms with van der Waals surface area (Å²) in [6.45, 7) is 2.37. The van der Waals surface area contributed by atoms with Gasteiger partial charge in [0.2, 0.25) is 5.91 Å². The van der Waals surface area contributed by atoms with Crippen LogP contribution in [0.25, 0.3) is 10.9 Å². The number of aromatic amines is 1. The lowest BCUT2D eigenvalue weighted by atomic mass is 10.0. The van der Waals surface area contributed by atoms with Crippen molar-refractivity contribution in [2.75, 3.05) is 13.7 Å². The Labute approximate surface area is 118 Å². The normalized spacial score (nSPS) is 14.2. The van der Waals surface area contributed by atoms with E-state index in [0.29, 0.717) is 13.0 Å². The molecule has 0 bridgehead atoms. The van der Waals surface area contributed by atoms with Gasteiger partial charge < -0.3 is 20.8 Å². The lowest BCUT2D eigenvalue weighted by Gasteiger charge is -2.16. The van der Waals surface area contributed by atoms with E-state index >= 15 is 0 Å². The van der Waals surface area contributed by atoms with Crippen LogP contribution >= 0.6 is 0 Å². The van der Waals surface area contributed by atoms with Gasteiger partial charge in [-0.05, 0) is 25.0 Å². The van der Waals surface area contributed by atoms with E-state index in [2.05, 4.69) is 10.3 Å². The van der Waals surface area contributed by atoms with Gasteiger partial charge >= 0.3 is 0 Å². The van der Waals surface area contributed by atoms with E-state index in [-0.39, 0.29) is 11.9 Å². The van der Waals surface area contributed by atoms with Crippen molar-refractivity contribution in [2.24, 2.45) is 5.73 Å².